The molecule has 0 aliphatic carbocycles. The van der Waals surface area contributed by atoms with Crippen LogP contribution >= 0.6 is 23.2 Å². The third-order valence-electron chi connectivity index (χ3n) is 3.51. The fourth-order valence-electron chi connectivity index (χ4n) is 1.81. The van der Waals surface area contributed by atoms with Gasteiger partial charge < -0.3 is 5.11 Å². The lowest BCUT2D eigenvalue weighted by atomic mass is 9.88. The molecule has 1 aromatic carbocycles. The fraction of sp³-hybridized carbons (Fsp3) is 0.385. The van der Waals surface area contributed by atoms with Crippen LogP contribution in [-0.4, -0.2) is 31.3 Å². The van der Waals surface area contributed by atoms with Crippen LogP contribution in [-0.2, 0) is 11.3 Å². The number of aromatic nitrogens is 4. The van der Waals surface area contributed by atoms with Crippen molar-refractivity contribution in [3.05, 3.63) is 28.2 Å². The molecule has 21 heavy (non-hydrogen) atoms. The molecule has 0 saturated carbocycles. The molecule has 6 nitrogen and oxygen atoms in total. The molecule has 0 amide bonds. The van der Waals surface area contributed by atoms with Crippen LogP contribution in [0.15, 0.2) is 18.2 Å². The van der Waals surface area contributed by atoms with Crippen molar-refractivity contribution in [2.45, 2.75) is 26.8 Å². The molecule has 2 rings (SSSR count). The van der Waals surface area contributed by atoms with Crippen molar-refractivity contribution in [3.8, 4) is 11.4 Å². The van der Waals surface area contributed by atoms with E-state index in [1.807, 2.05) is 6.92 Å². The van der Waals surface area contributed by atoms with E-state index in [9.17, 15) is 9.90 Å². The summed E-state index contributed by atoms with van der Waals surface area (Å²) in [6.07, 6.45) is 0.461. The largest absolute Gasteiger partial charge is 0.481 e. The van der Waals surface area contributed by atoms with Gasteiger partial charge in [0.15, 0.2) is 5.82 Å². The fourth-order valence-corrected chi connectivity index (χ4v) is 2.11. The highest BCUT2D eigenvalue weighted by Gasteiger charge is 2.33. The van der Waals surface area contributed by atoms with Crippen molar-refractivity contribution in [2.75, 3.05) is 0 Å². The number of halogens is 2. The van der Waals surface area contributed by atoms with E-state index in [2.05, 4.69) is 15.5 Å². The third kappa shape index (κ3) is 3.16. The second-order valence-corrected chi connectivity index (χ2v) is 5.82. The van der Waals surface area contributed by atoms with Crippen LogP contribution in [0.5, 0.6) is 0 Å². The molecule has 0 radical (unpaired) electrons. The third-order valence-corrected chi connectivity index (χ3v) is 4.24. The van der Waals surface area contributed by atoms with Gasteiger partial charge in [0.25, 0.3) is 0 Å². The van der Waals surface area contributed by atoms with Crippen molar-refractivity contribution in [1.82, 2.24) is 20.2 Å². The molecule has 1 heterocycles. The quantitative estimate of drug-likeness (QED) is 0.911. The summed E-state index contributed by atoms with van der Waals surface area (Å²) in [6.45, 7) is 3.65. The number of carboxylic acid groups (broad SMARTS) is 1. The predicted molar refractivity (Wildman–Crippen MR) is 79.3 cm³/mol. The molecule has 0 fully saturated rings. The molecule has 1 aromatic heterocycles. The Morgan fingerprint density at radius 3 is 2.67 bits per heavy atom. The van der Waals surface area contributed by atoms with Gasteiger partial charge in [0, 0.05) is 5.56 Å². The molecule has 0 spiro atoms. The first-order chi connectivity index (χ1) is 9.87. The highest BCUT2D eigenvalue weighted by molar-refractivity contribution is 6.42. The standard InChI is InChI=1S/C13H14Cl2N4O2/c1-3-13(2,12(20)21)7-19-11(16-17-18-19)8-4-5-9(14)10(15)6-8/h4-6H,3,7H2,1-2H3,(H,20,21). The highest BCUT2D eigenvalue weighted by Crippen LogP contribution is 2.29. The van der Waals surface area contributed by atoms with Gasteiger partial charge in [-0.05, 0) is 42.0 Å². The summed E-state index contributed by atoms with van der Waals surface area (Å²) in [4.78, 5) is 11.4. The molecule has 8 heteroatoms. The topological polar surface area (TPSA) is 80.9 Å². The zero-order chi connectivity index (χ0) is 15.6. The molecule has 0 bridgehead atoms. The number of hydrogen-bond donors (Lipinski definition) is 1. The average Bonchev–Trinajstić information content (AvgIpc) is 2.89. The zero-order valence-corrected chi connectivity index (χ0v) is 13.1. The maximum atomic E-state index is 11.4. The lowest BCUT2D eigenvalue weighted by Crippen LogP contribution is -2.32. The number of nitrogens with zero attached hydrogens (tertiary/aromatic N) is 4. The van der Waals surface area contributed by atoms with E-state index in [1.54, 1.807) is 25.1 Å². The van der Waals surface area contributed by atoms with E-state index in [4.69, 9.17) is 23.2 Å². The zero-order valence-electron chi connectivity index (χ0n) is 11.5. The second-order valence-electron chi connectivity index (χ2n) is 5.01. The summed E-state index contributed by atoms with van der Waals surface area (Å²) >= 11 is 11.9. The summed E-state index contributed by atoms with van der Waals surface area (Å²) in [7, 11) is 0. The van der Waals surface area contributed by atoms with E-state index in [1.165, 1.54) is 4.68 Å². The van der Waals surface area contributed by atoms with E-state index in [0.29, 0.717) is 27.9 Å². The van der Waals surface area contributed by atoms with Crippen LogP contribution in [0, 0.1) is 5.41 Å². The summed E-state index contributed by atoms with van der Waals surface area (Å²) < 4.78 is 1.47. The summed E-state index contributed by atoms with van der Waals surface area (Å²) in [5.41, 5.74) is -0.265. The Balaban J connectivity index is 2.39. The van der Waals surface area contributed by atoms with Gasteiger partial charge in [0.05, 0.1) is 22.0 Å². The monoisotopic (exact) mass is 328 g/mol. The van der Waals surface area contributed by atoms with Crippen LogP contribution in [0.25, 0.3) is 11.4 Å². The number of aliphatic carboxylic acids is 1. The molecule has 1 N–H and O–H groups in total. The SMILES string of the molecule is CCC(C)(Cn1nnnc1-c1ccc(Cl)c(Cl)c1)C(=O)O. The van der Waals surface area contributed by atoms with Crippen molar-refractivity contribution in [3.63, 3.8) is 0 Å². The van der Waals surface area contributed by atoms with Crippen molar-refractivity contribution < 1.29 is 9.90 Å². The predicted octanol–water partition coefficient (Wildman–Crippen LogP) is 3.15. The summed E-state index contributed by atoms with van der Waals surface area (Å²) in [5.74, 6) is -0.435. The minimum absolute atomic E-state index is 0.168. The molecule has 0 saturated heterocycles. The maximum absolute atomic E-state index is 11.4. The average molecular weight is 329 g/mol. The summed E-state index contributed by atoms with van der Waals surface area (Å²) in [6, 6.07) is 5.03. The van der Waals surface area contributed by atoms with Gasteiger partial charge in [0.2, 0.25) is 0 Å². The molecular formula is C13H14Cl2N4O2. The molecule has 112 valence electrons. The highest BCUT2D eigenvalue weighted by atomic mass is 35.5. The minimum Gasteiger partial charge on any atom is -0.481 e. The minimum atomic E-state index is -0.944. The van der Waals surface area contributed by atoms with Gasteiger partial charge in [-0.25, -0.2) is 4.68 Å². The van der Waals surface area contributed by atoms with Crippen molar-refractivity contribution in [1.29, 1.82) is 0 Å². The van der Waals surface area contributed by atoms with E-state index < -0.39 is 11.4 Å². The Bertz CT molecular complexity index is 674. The van der Waals surface area contributed by atoms with E-state index >= 15 is 0 Å². The normalized spacial score (nSPS) is 13.9. The number of rotatable bonds is 5. The first kappa shape index (κ1) is 15.7. The number of benzene rings is 1. The molecule has 2 aromatic rings. The van der Waals surface area contributed by atoms with Crippen LogP contribution < -0.4 is 0 Å². The number of tetrazole rings is 1. The Morgan fingerprint density at radius 1 is 1.38 bits per heavy atom. The van der Waals surface area contributed by atoms with Gasteiger partial charge >= 0.3 is 5.97 Å². The molecule has 1 atom stereocenters. The smallest absolute Gasteiger partial charge is 0.311 e. The van der Waals surface area contributed by atoms with Gasteiger partial charge in [0.1, 0.15) is 0 Å². The summed E-state index contributed by atoms with van der Waals surface area (Å²) in [5, 5.41) is 21.6. The first-order valence-electron chi connectivity index (χ1n) is 6.32. The van der Waals surface area contributed by atoms with Gasteiger partial charge in [-0.15, -0.1) is 5.10 Å². The van der Waals surface area contributed by atoms with Crippen LogP contribution in [0.1, 0.15) is 20.3 Å². The Kier molecular flexibility index (Phi) is 4.49. The lowest BCUT2D eigenvalue weighted by Gasteiger charge is -2.22. The first-order valence-corrected chi connectivity index (χ1v) is 7.08. The molecule has 0 aliphatic heterocycles. The van der Waals surface area contributed by atoms with Gasteiger partial charge in [-0.1, -0.05) is 30.1 Å². The van der Waals surface area contributed by atoms with Crippen LogP contribution in [0.3, 0.4) is 0 Å². The Morgan fingerprint density at radius 2 is 2.10 bits per heavy atom. The number of carbonyl (C=O) groups is 1. The number of hydrogen-bond acceptors (Lipinski definition) is 4. The molecule has 1 unspecified atom stereocenters. The van der Waals surface area contributed by atoms with E-state index in [-0.39, 0.29) is 6.54 Å². The van der Waals surface area contributed by atoms with Gasteiger partial charge in [-0.2, -0.15) is 0 Å². The second kappa shape index (κ2) is 5.99. The Labute approximate surface area is 131 Å². The molecular weight excluding hydrogens is 315 g/mol. The van der Waals surface area contributed by atoms with E-state index in [0.717, 1.165) is 0 Å². The maximum Gasteiger partial charge on any atom is 0.311 e. The van der Waals surface area contributed by atoms with Gasteiger partial charge in [-0.3, -0.25) is 4.79 Å². The molecule has 0 aliphatic rings. The van der Waals surface area contributed by atoms with Crippen LogP contribution in [0.4, 0.5) is 0 Å². The Hall–Kier alpha value is -1.66. The van der Waals surface area contributed by atoms with Crippen molar-refractivity contribution >= 4 is 29.2 Å². The number of carboxylic acids is 1. The van der Waals surface area contributed by atoms with Crippen molar-refractivity contribution in [2.24, 2.45) is 5.41 Å². The lowest BCUT2D eigenvalue weighted by molar-refractivity contribution is -0.149. The van der Waals surface area contributed by atoms with Crippen LogP contribution in [0.2, 0.25) is 10.0 Å².